The lowest BCUT2D eigenvalue weighted by Crippen LogP contribution is -2.59. The van der Waals surface area contributed by atoms with Gasteiger partial charge < -0.3 is 9.59 Å². The lowest BCUT2D eigenvalue weighted by molar-refractivity contribution is -0.912. The fourth-order valence-electron chi connectivity index (χ4n) is 5.10. The van der Waals surface area contributed by atoms with E-state index in [1.165, 1.54) is 80.3 Å². The molecule has 1 aliphatic heterocycles. The van der Waals surface area contributed by atoms with Crippen molar-refractivity contribution in [2.45, 2.75) is 56.5 Å². The van der Waals surface area contributed by atoms with Crippen LogP contribution >= 0.6 is 0 Å². The SMILES string of the molecule is C[N+]1(CC[Si@@](CO)(c2ccccc2)C2CCCC2)CCCCC1. The molecule has 23 heavy (non-hydrogen) atoms. The second kappa shape index (κ2) is 7.50. The maximum atomic E-state index is 10.6. The van der Waals surface area contributed by atoms with Crippen LogP contribution in [0.4, 0.5) is 0 Å². The van der Waals surface area contributed by atoms with Crippen LogP contribution in [0.2, 0.25) is 11.6 Å². The molecule has 3 heteroatoms. The summed E-state index contributed by atoms with van der Waals surface area (Å²) in [6.45, 7) is 3.96. The monoisotopic (exact) mass is 332 g/mol. The second-order valence-corrected chi connectivity index (χ2v) is 12.8. The first kappa shape index (κ1) is 17.2. The lowest BCUT2D eigenvalue weighted by atomic mass is 10.1. The Hall–Kier alpha value is -0.643. The van der Waals surface area contributed by atoms with E-state index < -0.39 is 8.07 Å². The first-order chi connectivity index (χ1) is 11.2. The molecule has 1 aromatic rings. The Morgan fingerprint density at radius 2 is 1.65 bits per heavy atom. The van der Waals surface area contributed by atoms with E-state index in [9.17, 15) is 5.11 Å². The number of aliphatic hydroxyl groups is 1. The summed E-state index contributed by atoms with van der Waals surface area (Å²) < 4.78 is 1.24. The van der Waals surface area contributed by atoms with Crippen molar-refractivity contribution >= 4 is 13.3 Å². The van der Waals surface area contributed by atoms with Gasteiger partial charge in [0.15, 0.2) is 0 Å². The highest BCUT2D eigenvalue weighted by atomic mass is 28.3. The zero-order valence-electron chi connectivity index (χ0n) is 14.8. The third-order valence-electron chi connectivity index (χ3n) is 6.76. The minimum Gasteiger partial charge on any atom is -0.399 e. The average Bonchev–Trinajstić information content (AvgIpc) is 3.13. The van der Waals surface area contributed by atoms with E-state index >= 15 is 0 Å². The van der Waals surface area contributed by atoms with Gasteiger partial charge in [-0.15, -0.1) is 0 Å². The number of likely N-dealkylation sites (tertiary alicyclic amines) is 1. The fourth-order valence-corrected chi connectivity index (χ4v) is 10.2. The molecular formula is C20H34NOSi+. The average molecular weight is 333 g/mol. The van der Waals surface area contributed by atoms with Gasteiger partial charge in [0.25, 0.3) is 0 Å². The standard InChI is InChI=1S/C20H34NOSi/c1-21(14-8-3-9-15-21)16-17-23(18-22,20-12-6-7-13-20)19-10-4-2-5-11-19/h2,4-5,10-11,20,22H,3,6-9,12-18H2,1H3/q+1/t23-/m1/s1. The van der Waals surface area contributed by atoms with E-state index in [4.69, 9.17) is 0 Å². The zero-order chi connectivity index (χ0) is 16.2. The number of aliphatic hydroxyl groups excluding tert-OH is 1. The molecule has 0 bridgehead atoms. The van der Waals surface area contributed by atoms with Gasteiger partial charge in [-0.05, 0) is 30.8 Å². The van der Waals surface area contributed by atoms with E-state index in [1.807, 2.05) is 0 Å². The molecule has 1 heterocycles. The second-order valence-electron chi connectivity index (χ2n) is 8.26. The van der Waals surface area contributed by atoms with Gasteiger partial charge in [0, 0.05) is 6.23 Å². The van der Waals surface area contributed by atoms with Gasteiger partial charge in [0.1, 0.15) is 8.07 Å². The molecule has 1 saturated carbocycles. The summed E-state index contributed by atoms with van der Waals surface area (Å²) in [4.78, 5) is 0. The summed E-state index contributed by atoms with van der Waals surface area (Å²) in [5.74, 6) is 0. The van der Waals surface area contributed by atoms with Crippen molar-refractivity contribution in [1.29, 1.82) is 0 Å². The van der Waals surface area contributed by atoms with Crippen LogP contribution in [-0.4, -0.2) is 50.6 Å². The maximum absolute atomic E-state index is 10.6. The van der Waals surface area contributed by atoms with Gasteiger partial charge in [0.05, 0.1) is 26.7 Å². The molecule has 2 nitrogen and oxygen atoms in total. The Kier molecular flexibility index (Phi) is 5.60. The van der Waals surface area contributed by atoms with Crippen LogP contribution < -0.4 is 5.19 Å². The normalized spacial score (nSPS) is 24.4. The number of hydrogen-bond acceptors (Lipinski definition) is 1. The van der Waals surface area contributed by atoms with E-state index in [0.29, 0.717) is 6.23 Å². The van der Waals surface area contributed by atoms with Crippen LogP contribution in [0, 0.1) is 0 Å². The van der Waals surface area contributed by atoms with E-state index in [-0.39, 0.29) is 0 Å². The van der Waals surface area contributed by atoms with Gasteiger partial charge in [-0.1, -0.05) is 61.2 Å². The number of hydrogen-bond donors (Lipinski definition) is 1. The van der Waals surface area contributed by atoms with Crippen LogP contribution in [0.1, 0.15) is 44.9 Å². The Bertz CT molecular complexity index is 480. The molecule has 1 aliphatic carbocycles. The van der Waals surface area contributed by atoms with Crippen LogP contribution in [-0.2, 0) is 0 Å². The van der Waals surface area contributed by atoms with Crippen molar-refractivity contribution in [1.82, 2.24) is 0 Å². The molecule has 0 unspecified atom stereocenters. The van der Waals surface area contributed by atoms with Gasteiger partial charge in [0.2, 0.25) is 0 Å². The molecule has 0 radical (unpaired) electrons. The molecule has 2 aliphatic rings. The van der Waals surface area contributed by atoms with Crippen molar-refractivity contribution < 1.29 is 9.59 Å². The predicted octanol–water partition coefficient (Wildman–Crippen LogP) is 3.45. The van der Waals surface area contributed by atoms with E-state index in [2.05, 4.69) is 37.4 Å². The molecule has 1 N–H and O–H groups in total. The number of quaternary nitrogens is 1. The summed E-state index contributed by atoms with van der Waals surface area (Å²) in [5, 5.41) is 12.1. The molecule has 0 spiro atoms. The fraction of sp³-hybridized carbons (Fsp3) is 0.700. The highest BCUT2D eigenvalue weighted by Crippen LogP contribution is 2.40. The lowest BCUT2D eigenvalue weighted by Gasteiger charge is -2.42. The third kappa shape index (κ3) is 3.72. The van der Waals surface area contributed by atoms with Gasteiger partial charge >= 0.3 is 0 Å². The topological polar surface area (TPSA) is 20.2 Å². The van der Waals surface area contributed by atoms with E-state index in [1.54, 1.807) is 0 Å². The van der Waals surface area contributed by atoms with Crippen LogP contribution in [0.3, 0.4) is 0 Å². The number of nitrogens with zero attached hydrogens (tertiary/aromatic N) is 1. The number of rotatable bonds is 6. The number of benzene rings is 1. The van der Waals surface area contributed by atoms with Crippen molar-refractivity contribution in [2.75, 3.05) is 32.9 Å². The van der Waals surface area contributed by atoms with Crippen LogP contribution in [0.25, 0.3) is 0 Å². The highest BCUT2D eigenvalue weighted by Gasteiger charge is 2.45. The summed E-state index contributed by atoms with van der Waals surface area (Å²) >= 11 is 0. The Morgan fingerprint density at radius 3 is 2.26 bits per heavy atom. The molecule has 0 amide bonds. The van der Waals surface area contributed by atoms with Crippen LogP contribution in [0.15, 0.2) is 30.3 Å². The predicted molar refractivity (Wildman–Crippen MR) is 101 cm³/mol. The largest absolute Gasteiger partial charge is 0.399 e. The summed E-state index contributed by atoms with van der Waals surface area (Å²) in [5.41, 5.74) is 0.797. The van der Waals surface area contributed by atoms with Crippen molar-refractivity contribution in [3.8, 4) is 0 Å². The van der Waals surface area contributed by atoms with Crippen molar-refractivity contribution in [2.24, 2.45) is 0 Å². The molecule has 1 aromatic carbocycles. The quantitative estimate of drug-likeness (QED) is 0.625. The Labute approximate surface area is 143 Å². The third-order valence-corrected chi connectivity index (χ3v) is 12.1. The molecule has 128 valence electrons. The minimum atomic E-state index is -1.80. The maximum Gasteiger partial charge on any atom is 0.123 e. The van der Waals surface area contributed by atoms with Crippen molar-refractivity contribution in [3.05, 3.63) is 30.3 Å². The van der Waals surface area contributed by atoms with Crippen LogP contribution in [0.5, 0.6) is 0 Å². The molecule has 0 aromatic heterocycles. The highest BCUT2D eigenvalue weighted by molar-refractivity contribution is 6.93. The molecule has 1 atom stereocenters. The van der Waals surface area contributed by atoms with Gasteiger partial charge in [-0.25, -0.2) is 0 Å². The van der Waals surface area contributed by atoms with Gasteiger partial charge in [-0.3, -0.25) is 0 Å². The van der Waals surface area contributed by atoms with Crippen molar-refractivity contribution in [3.63, 3.8) is 0 Å². The summed E-state index contributed by atoms with van der Waals surface area (Å²) in [7, 11) is 0.650. The number of piperidine rings is 1. The first-order valence-corrected chi connectivity index (χ1v) is 12.2. The zero-order valence-corrected chi connectivity index (χ0v) is 15.8. The molecule has 2 fully saturated rings. The van der Waals surface area contributed by atoms with Gasteiger partial charge in [-0.2, -0.15) is 0 Å². The minimum absolute atomic E-state index is 0.446. The Morgan fingerprint density at radius 1 is 1.00 bits per heavy atom. The summed E-state index contributed by atoms with van der Waals surface area (Å²) in [6, 6.07) is 12.4. The molecular weight excluding hydrogens is 298 g/mol. The summed E-state index contributed by atoms with van der Waals surface area (Å²) in [6.07, 6.45) is 10.1. The van der Waals surface area contributed by atoms with E-state index in [0.717, 1.165) is 5.54 Å². The Balaban J connectivity index is 1.82. The first-order valence-electron chi connectivity index (χ1n) is 9.69. The molecule has 3 rings (SSSR count). The smallest absolute Gasteiger partial charge is 0.123 e. The molecule has 1 saturated heterocycles.